The number of aromatic nitrogens is 1. The fourth-order valence-electron chi connectivity index (χ4n) is 2.21. The molecule has 1 fully saturated rings. The first-order chi connectivity index (χ1) is 10.9. The molecular weight excluding hydrogens is 335 g/mol. The van der Waals surface area contributed by atoms with Crippen molar-refractivity contribution in [1.82, 2.24) is 15.6 Å². The lowest BCUT2D eigenvalue weighted by Crippen LogP contribution is -2.47. The highest BCUT2D eigenvalue weighted by molar-refractivity contribution is 6.31. The molecule has 1 atom stereocenters. The number of hydrogen-bond acceptors (Lipinski definition) is 4. The predicted octanol–water partition coefficient (Wildman–Crippen LogP) is 2.39. The highest BCUT2D eigenvalue weighted by Gasteiger charge is 2.31. The van der Waals surface area contributed by atoms with Crippen molar-refractivity contribution in [3.8, 4) is 5.88 Å². The van der Waals surface area contributed by atoms with Gasteiger partial charge in [-0.2, -0.15) is 13.2 Å². The minimum atomic E-state index is -4.50. The third-order valence-electron chi connectivity index (χ3n) is 3.40. The maximum atomic E-state index is 12.5. The van der Waals surface area contributed by atoms with E-state index < -0.39 is 11.7 Å². The van der Waals surface area contributed by atoms with Gasteiger partial charge in [-0.25, -0.2) is 4.98 Å². The average Bonchev–Trinajstić information content (AvgIpc) is 2.52. The molecule has 1 aromatic rings. The monoisotopic (exact) mass is 351 g/mol. The lowest BCUT2D eigenvalue weighted by Gasteiger charge is -2.22. The second-order valence-electron chi connectivity index (χ2n) is 5.15. The number of ether oxygens (including phenoxy) is 1. The first-order valence-electron chi connectivity index (χ1n) is 7.24. The zero-order chi connectivity index (χ0) is 16.9. The van der Waals surface area contributed by atoms with Gasteiger partial charge in [0, 0.05) is 6.20 Å². The quantitative estimate of drug-likeness (QED) is 0.800. The van der Waals surface area contributed by atoms with E-state index in [2.05, 4.69) is 15.6 Å². The van der Waals surface area contributed by atoms with Crippen LogP contribution in [0.2, 0.25) is 5.02 Å². The summed E-state index contributed by atoms with van der Waals surface area (Å²) in [7, 11) is 0. The number of carbonyl (C=O) groups is 1. The normalized spacial score (nSPS) is 18.5. The van der Waals surface area contributed by atoms with Crippen LogP contribution in [-0.2, 0) is 11.0 Å². The summed E-state index contributed by atoms with van der Waals surface area (Å²) in [6.07, 6.45) is -0.988. The van der Waals surface area contributed by atoms with Gasteiger partial charge in [-0.3, -0.25) is 4.79 Å². The summed E-state index contributed by atoms with van der Waals surface area (Å²) in [4.78, 5) is 15.4. The molecule has 0 spiro atoms. The Morgan fingerprint density at radius 1 is 1.48 bits per heavy atom. The molecule has 1 aromatic heterocycles. The summed E-state index contributed by atoms with van der Waals surface area (Å²) in [6, 6.07) is 0.561. The van der Waals surface area contributed by atoms with Crippen LogP contribution in [0.25, 0.3) is 0 Å². The van der Waals surface area contributed by atoms with Crippen molar-refractivity contribution < 1.29 is 22.7 Å². The SMILES string of the molecule is O=C(NCCOc1ncc(C(F)(F)F)cc1Cl)[C@H]1CCCCN1. The van der Waals surface area contributed by atoms with E-state index in [0.29, 0.717) is 6.20 Å². The van der Waals surface area contributed by atoms with Gasteiger partial charge in [-0.1, -0.05) is 18.0 Å². The van der Waals surface area contributed by atoms with Gasteiger partial charge in [0.2, 0.25) is 11.8 Å². The molecule has 0 radical (unpaired) electrons. The largest absolute Gasteiger partial charge is 0.475 e. The first-order valence-corrected chi connectivity index (χ1v) is 7.62. The molecule has 0 saturated carbocycles. The molecule has 9 heteroatoms. The Morgan fingerprint density at radius 3 is 2.87 bits per heavy atom. The lowest BCUT2D eigenvalue weighted by atomic mass is 10.0. The number of pyridine rings is 1. The van der Waals surface area contributed by atoms with Crippen molar-refractivity contribution in [2.24, 2.45) is 0 Å². The molecule has 0 aromatic carbocycles. The van der Waals surface area contributed by atoms with Crippen molar-refractivity contribution in [2.75, 3.05) is 19.7 Å². The fraction of sp³-hybridized carbons (Fsp3) is 0.571. The van der Waals surface area contributed by atoms with Gasteiger partial charge in [0.25, 0.3) is 0 Å². The molecule has 1 aliphatic heterocycles. The minimum absolute atomic E-state index is 0.0660. The van der Waals surface area contributed by atoms with Gasteiger partial charge in [0.05, 0.1) is 18.2 Å². The van der Waals surface area contributed by atoms with E-state index in [9.17, 15) is 18.0 Å². The molecular formula is C14H17ClF3N3O2. The third-order valence-corrected chi connectivity index (χ3v) is 3.67. The molecule has 2 N–H and O–H groups in total. The highest BCUT2D eigenvalue weighted by Crippen LogP contribution is 2.32. The molecule has 2 heterocycles. The summed E-state index contributed by atoms with van der Waals surface area (Å²) in [5, 5.41) is 5.59. The van der Waals surface area contributed by atoms with E-state index in [1.807, 2.05) is 0 Å². The number of nitrogens with zero attached hydrogens (tertiary/aromatic N) is 1. The number of carbonyl (C=O) groups excluding carboxylic acids is 1. The van der Waals surface area contributed by atoms with Crippen LogP contribution in [0.15, 0.2) is 12.3 Å². The van der Waals surface area contributed by atoms with Crippen molar-refractivity contribution in [3.05, 3.63) is 22.8 Å². The van der Waals surface area contributed by atoms with Crippen LogP contribution in [-0.4, -0.2) is 36.6 Å². The molecule has 2 rings (SSSR count). The van der Waals surface area contributed by atoms with E-state index in [4.69, 9.17) is 16.3 Å². The highest BCUT2D eigenvalue weighted by atomic mass is 35.5. The number of halogens is 4. The molecule has 5 nitrogen and oxygen atoms in total. The van der Waals surface area contributed by atoms with E-state index >= 15 is 0 Å². The van der Waals surface area contributed by atoms with E-state index in [1.54, 1.807) is 0 Å². The third kappa shape index (κ3) is 5.24. The van der Waals surface area contributed by atoms with Gasteiger partial charge in [0.15, 0.2) is 0 Å². The minimum Gasteiger partial charge on any atom is -0.475 e. The topological polar surface area (TPSA) is 63.2 Å². The molecule has 23 heavy (non-hydrogen) atoms. The van der Waals surface area contributed by atoms with Gasteiger partial charge < -0.3 is 15.4 Å². The zero-order valence-corrected chi connectivity index (χ0v) is 13.0. The predicted molar refractivity (Wildman–Crippen MR) is 78.4 cm³/mol. The van der Waals surface area contributed by atoms with Crippen LogP contribution < -0.4 is 15.4 Å². The van der Waals surface area contributed by atoms with Crippen molar-refractivity contribution in [2.45, 2.75) is 31.5 Å². The van der Waals surface area contributed by atoms with E-state index in [-0.39, 0.29) is 36.0 Å². The molecule has 1 aliphatic rings. The molecule has 128 valence electrons. The number of alkyl halides is 3. The molecule has 1 saturated heterocycles. The number of rotatable bonds is 5. The van der Waals surface area contributed by atoms with Crippen LogP contribution >= 0.6 is 11.6 Å². The summed E-state index contributed by atoms with van der Waals surface area (Å²) in [6.45, 7) is 1.10. The van der Waals surface area contributed by atoms with Crippen LogP contribution in [0.1, 0.15) is 24.8 Å². The number of amides is 1. The number of nitrogens with one attached hydrogen (secondary N) is 2. The standard InChI is InChI=1S/C14H17ClF3N3O2/c15-10-7-9(14(16,17)18)8-21-13(10)23-6-5-20-12(22)11-3-1-2-4-19-11/h7-8,11,19H,1-6H2,(H,20,22)/t11-/m1/s1. The van der Waals surface area contributed by atoms with E-state index in [1.165, 1.54) is 0 Å². The smallest absolute Gasteiger partial charge is 0.417 e. The second kappa shape index (κ2) is 7.83. The van der Waals surface area contributed by atoms with Crippen LogP contribution in [0.4, 0.5) is 13.2 Å². The zero-order valence-electron chi connectivity index (χ0n) is 12.3. The Balaban J connectivity index is 1.77. The number of piperidine rings is 1. The first kappa shape index (κ1) is 17.8. The maximum absolute atomic E-state index is 12.5. The summed E-state index contributed by atoms with van der Waals surface area (Å²) in [5.74, 6) is -0.204. The molecule has 0 aliphatic carbocycles. The molecule has 1 amide bonds. The Hall–Kier alpha value is -1.54. The van der Waals surface area contributed by atoms with Crippen molar-refractivity contribution in [1.29, 1.82) is 0 Å². The fourth-order valence-corrected chi connectivity index (χ4v) is 2.43. The van der Waals surface area contributed by atoms with Gasteiger partial charge in [-0.05, 0) is 25.5 Å². The second-order valence-corrected chi connectivity index (χ2v) is 5.56. The molecule has 0 bridgehead atoms. The Morgan fingerprint density at radius 2 is 2.26 bits per heavy atom. The molecule has 0 unspecified atom stereocenters. The van der Waals surface area contributed by atoms with Crippen LogP contribution in [0, 0.1) is 0 Å². The van der Waals surface area contributed by atoms with Gasteiger partial charge in [-0.15, -0.1) is 0 Å². The lowest BCUT2D eigenvalue weighted by molar-refractivity contribution is -0.137. The van der Waals surface area contributed by atoms with Gasteiger partial charge >= 0.3 is 6.18 Å². The Labute approximate surface area is 136 Å². The van der Waals surface area contributed by atoms with Crippen LogP contribution in [0.3, 0.4) is 0 Å². The Kier molecular flexibility index (Phi) is 6.06. The van der Waals surface area contributed by atoms with Crippen LogP contribution in [0.5, 0.6) is 5.88 Å². The summed E-state index contributed by atoms with van der Waals surface area (Å²) in [5.41, 5.74) is -0.938. The van der Waals surface area contributed by atoms with E-state index in [0.717, 1.165) is 31.9 Å². The summed E-state index contributed by atoms with van der Waals surface area (Å²) < 4.78 is 42.6. The van der Waals surface area contributed by atoms with Gasteiger partial charge in [0.1, 0.15) is 11.6 Å². The van der Waals surface area contributed by atoms with Crippen molar-refractivity contribution >= 4 is 17.5 Å². The average molecular weight is 352 g/mol. The van der Waals surface area contributed by atoms with Crippen molar-refractivity contribution in [3.63, 3.8) is 0 Å². The summed E-state index contributed by atoms with van der Waals surface area (Å²) >= 11 is 5.71. The Bertz CT molecular complexity index is 549. The number of hydrogen-bond donors (Lipinski definition) is 2. The maximum Gasteiger partial charge on any atom is 0.417 e.